The molecule has 0 bridgehead atoms. The molecule has 1 aliphatic heterocycles. The highest BCUT2D eigenvalue weighted by molar-refractivity contribution is 5.81. The van der Waals surface area contributed by atoms with Crippen molar-refractivity contribution in [1.82, 2.24) is 9.88 Å². The van der Waals surface area contributed by atoms with E-state index in [1.165, 1.54) is 18.4 Å². The molecule has 1 N–H and O–H groups in total. The largest absolute Gasteiger partial charge is 0.481 e. The standard InChI is InChI=1S/C17H17FN2O4/c1-17(16(22)23)6-7-20(10-17)14(21)8-13-9-24-15(19-13)11-2-4-12(18)5-3-11/h2-5,9H,6-8,10H2,1H3,(H,22,23)/t17-/m0/s1. The second kappa shape index (κ2) is 6.07. The van der Waals surface area contributed by atoms with Crippen molar-refractivity contribution in [3.8, 4) is 11.5 Å². The van der Waals surface area contributed by atoms with Gasteiger partial charge < -0.3 is 14.4 Å². The summed E-state index contributed by atoms with van der Waals surface area (Å²) in [5, 5.41) is 9.22. The Morgan fingerprint density at radius 2 is 2.08 bits per heavy atom. The molecule has 1 aliphatic rings. The number of amides is 1. The molecule has 0 radical (unpaired) electrons. The summed E-state index contributed by atoms with van der Waals surface area (Å²) in [6.45, 7) is 2.26. The Bertz CT molecular complexity index is 771. The smallest absolute Gasteiger partial charge is 0.311 e. The maximum Gasteiger partial charge on any atom is 0.311 e. The zero-order valence-electron chi connectivity index (χ0n) is 13.2. The number of oxazole rings is 1. The minimum Gasteiger partial charge on any atom is -0.481 e. The van der Waals surface area contributed by atoms with Crippen LogP contribution < -0.4 is 0 Å². The van der Waals surface area contributed by atoms with Gasteiger partial charge in [0, 0.05) is 18.7 Å². The number of carboxylic acid groups (broad SMARTS) is 1. The molecule has 6 nitrogen and oxygen atoms in total. The Labute approximate surface area is 137 Å². The predicted molar refractivity (Wildman–Crippen MR) is 82.5 cm³/mol. The number of likely N-dealkylation sites (tertiary alicyclic amines) is 1. The van der Waals surface area contributed by atoms with Crippen molar-refractivity contribution in [3.63, 3.8) is 0 Å². The third-order valence-corrected chi connectivity index (χ3v) is 4.32. The normalized spacial score (nSPS) is 20.3. The topological polar surface area (TPSA) is 83.6 Å². The Kier molecular flexibility index (Phi) is 4.09. The van der Waals surface area contributed by atoms with Crippen molar-refractivity contribution in [3.05, 3.63) is 42.0 Å². The maximum absolute atomic E-state index is 12.9. The van der Waals surface area contributed by atoms with Gasteiger partial charge in [0.1, 0.15) is 12.1 Å². The number of rotatable bonds is 4. The lowest BCUT2D eigenvalue weighted by molar-refractivity contribution is -0.147. The van der Waals surface area contributed by atoms with Crippen molar-refractivity contribution in [2.45, 2.75) is 19.8 Å². The molecule has 1 aromatic heterocycles. The Balaban J connectivity index is 1.66. The zero-order valence-corrected chi connectivity index (χ0v) is 13.2. The van der Waals surface area contributed by atoms with Crippen LogP contribution in [0.15, 0.2) is 34.9 Å². The lowest BCUT2D eigenvalue weighted by atomic mass is 9.90. The van der Waals surface area contributed by atoms with Gasteiger partial charge >= 0.3 is 5.97 Å². The summed E-state index contributed by atoms with van der Waals surface area (Å²) in [5.74, 6) is -1.11. The second-order valence-electron chi connectivity index (χ2n) is 6.26. The molecule has 0 spiro atoms. The molecule has 2 heterocycles. The molecule has 126 valence electrons. The fourth-order valence-electron chi connectivity index (χ4n) is 2.73. The number of benzene rings is 1. The van der Waals surface area contributed by atoms with E-state index >= 15 is 0 Å². The van der Waals surface area contributed by atoms with Crippen molar-refractivity contribution >= 4 is 11.9 Å². The first-order valence-corrected chi connectivity index (χ1v) is 7.59. The second-order valence-corrected chi connectivity index (χ2v) is 6.26. The van der Waals surface area contributed by atoms with Gasteiger partial charge in [-0.15, -0.1) is 0 Å². The van der Waals surface area contributed by atoms with E-state index in [1.54, 1.807) is 24.0 Å². The Hall–Kier alpha value is -2.70. The van der Waals surface area contributed by atoms with E-state index < -0.39 is 11.4 Å². The SMILES string of the molecule is C[C@]1(C(=O)O)CCN(C(=O)Cc2coc(-c3ccc(F)cc3)n2)C1. The maximum atomic E-state index is 12.9. The highest BCUT2D eigenvalue weighted by Gasteiger charge is 2.42. The summed E-state index contributed by atoms with van der Waals surface area (Å²) >= 11 is 0. The molecular weight excluding hydrogens is 315 g/mol. The molecule has 0 saturated carbocycles. The molecule has 24 heavy (non-hydrogen) atoms. The number of carbonyl (C=O) groups is 2. The van der Waals surface area contributed by atoms with E-state index in [9.17, 15) is 19.1 Å². The molecular formula is C17H17FN2O4. The van der Waals surface area contributed by atoms with Gasteiger partial charge in [0.15, 0.2) is 0 Å². The summed E-state index contributed by atoms with van der Waals surface area (Å²) in [6.07, 6.45) is 1.87. The molecule has 0 unspecified atom stereocenters. The van der Waals surface area contributed by atoms with Crippen LogP contribution in [-0.4, -0.2) is 40.0 Å². The first kappa shape index (κ1) is 16.2. The first-order valence-electron chi connectivity index (χ1n) is 7.59. The van der Waals surface area contributed by atoms with E-state index in [1.807, 2.05) is 0 Å². The van der Waals surface area contributed by atoms with Gasteiger partial charge in [-0.2, -0.15) is 0 Å². The van der Waals surface area contributed by atoms with Crippen LogP contribution in [0.1, 0.15) is 19.0 Å². The van der Waals surface area contributed by atoms with Crippen LogP contribution in [0.25, 0.3) is 11.5 Å². The average molecular weight is 332 g/mol. The lowest BCUT2D eigenvalue weighted by Gasteiger charge is -2.19. The predicted octanol–water partition coefficient (Wildman–Crippen LogP) is 2.35. The third kappa shape index (κ3) is 3.15. The van der Waals surface area contributed by atoms with Crippen LogP contribution >= 0.6 is 0 Å². The molecule has 7 heteroatoms. The van der Waals surface area contributed by atoms with Gasteiger partial charge in [0.25, 0.3) is 0 Å². The van der Waals surface area contributed by atoms with Crippen LogP contribution in [-0.2, 0) is 16.0 Å². The Morgan fingerprint density at radius 3 is 2.71 bits per heavy atom. The molecule has 0 aliphatic carbocycles. The summed E-state index contributed by atoms with van der Waals surface area (Å²) in [5.41, 5.74) is 0.191. The van der Waals surface area contributed by atoms with Gasteiger partial charge in [-0.25, -0.2) is 9.37 Å². The molecule has 1 aromatic carbocycles. The fraction of sp³-hybridized carbons (Fsp3) is 0.353. The first-order chi connectivity index (χ1) is 11.4. The number of aliphatic carboxylic acids is 1. The van der Waals surface area contributed by atoms with E-state index in [0.29, 0.717) is 30.1 Å². The highest BCUT2D eigenvalue weighted by atomic mass is 19.1. The summed E-state index contributed by atoms with van der Waals surface area (Å²) < 4.78 is 18.3. The van der Waals surface area contributed by atoms with Gasteiger partial charge in [-0.05, 0) is 37.6 Å². The number of carboxylic acids is 1. The Morgan fingerprint density at radius 1 is 1.38 bits per heavy atom. The average Bonchev–Trinajstić information content (AvgIpc) is 3.16. The van der Waals surface area contributed by atoms with Crippen LogP contribution in [0.5, 0.6) is 0 Å². The van der Waals surface area contributed by atoms with Crippen LogP contribution in [0.3, 0.4) is 0 Å². The highest BCUT2D eigenvalue weighted by Crippen LogP contribution is 2.30. The number of hydrogen-bond acceptors (Lipinski definition) is 4. The number of halogens is 1. The van der Waals surface area contributed by atoms with Gasteiger partial charge in [-0.3, -0.25) is 9.59 Å². The number of aromatic nitrogens is 1. The van der Waals surface area contributed by atoms with Crippen LogP contribution in [0.2, 0.25) is 0 Å². The van der Waals surface area contributed by atoms with Crippen molar-refractivity contribution in [2.24, 2.45) is 5.41 Å². The monoisotopic (exact) mass is 332 g/mol. The molecule has 3 rings (SSSR count). The molecule has 1 atom stereocenters. The fourth-order valence-corrected chi connectivity index (χ4v) is 2.73. The van der Waals surface area contributed by atoms with Crippen molar-refractivity contribution in [1.29, 1.82) is 0 Å². The quantitative estimate of drug-likeness (QED) is 0.929. The van der Waals surface area contributed by atoms with Crippen molar-refractivity contribution < 1.29 is 23.5 Å². The van der Waals surface area contributed by atoms with Gasteiger partial charge in [0.05, 0.1) is 17.5 Å². The summed E-state index contributed by atoms with van der Waals surface area (Å²) in [4.78, 5) is 29.3. The number of carbonyl (C=O) groups excluding carboxylic acids is 1. The van der Waals surface area contributed by atoms with Gasteiger partial charge in [0.2, 0.25) is 11.8 Å². The third-order valence-electron chi connectivity index (χ3n) is 4.32. The van der Waals surface area contributed by atoms with E-state index in [0.717, 1.165) is 0 Å². The molecule has 2 aromatic rings. The van der Waals surface area contributed by atoms with Crippen LogP contribution in [0.4, 0.5) is 4.39 Å². The number of nitrogens with zero attached hydrogens (tertiary/aromatic N) is 2. The van der Waals surface area contributed by atoms with E-state index in [4.69, 9.17) is 4.42 Å². The van der Waals surface area contributed by atoms with E-state index in [2.05, 4.69) is 4.98 Å². The molecule has 1 amide bonds. The van der Waals surface area contributed by atoms with Gasteiger partial charge in [-0.1, -0.05) is 0 Å². The number of hydrogen-bond donors (Lipinski definition) is 1. The summed E-state index contributed by atoms with van der Waals surface area (Å²) in [6, 6.07) is 5.71. The lowest BCUT2D eigenvalue weighted by Crippen LogP contribution is -2.35. The molecule has 1 fully saturated rings. The van der Waals surface area contributed by atoms with Crippen molar-refractivity contribution in [2.75, 3.05) is 13.1 Å². The zero-order chi connectivity index (χ0) is 17.3. The van der Waals surface area contributed by atoms with E-state index in [-0.39, 0.29) is 24.7 Å². The summed E-state index contributed by atoms with van der Waals surface area (Å²) in [7, 11) is 0. The minimum absolute atomic E-state index is 0.0421. The van der Waals surface area contributed by atoms with Crippen LogP contribution in [0, 0.1) is 11.2 Å². The molecule has 1 saturated heterocycles. The minimum atomic E-state index is -0.891.